The summed E-state index contributed by atoms with van der Waals surface area (Å²) in [5.41, 5.74) is 2.23. The number of carbonyl (C=O) groups excluding carboxylic acids is 1. The van der Waals surface area contributed by atoms with Crippen LogP contribution < -0.4 is 5.32 Å². The topological polar surface area (TPSA) is 105 Å². The lowest BCUT2D eigenvalue weighted by atomic mass is 9.73. The fraction of sp³-hybridized carbons (Fsp3) is 0.360. The van der Waals surface area contributed by atoms with E-state index in [1.165, 1.54) is 10.5 Å². The molecular weight excluding hydrogens is 507 g/mol. The number of rotatable bonds is 6. The van der Waals surface area contributed by atoms with Crippen molar-refractivity contribution in [2.24, 2.45) is 11.8 Å². The lowest BCUT2D eigenvalue weighted by molar-refractivity contribution is -0.145. The Labute approximate surface area is 212 Å². The van der Waals surface area contributed by atoms with Crippen molar-refractivity contribution >= 4 is 15.9 Å². The van der Waals surface area contributed by atoms with Crippen LogP contribution in [0.15, 0.2) is 59.9 Å². The third-order valence-corrected chi connectivity index (χ3v) is 8.86. The van der Waals surface area contributed by atoms with Crippen molar-refractivity contribution in [3.05, 3.63) is 71.9 Å². The molecule has 2 aliphatic rings. The van der Waals surface area contributed by atoms with Crippen molar-refractivity contribution in [3.8, 4) is 11.3 Å². The Bertz CT molecular complexity index is 1410. The maximum atomic E-state index is 13.4. The first kappa shape index (κ1) is 25.3. The van der Waals surface area contributed by atoms with E-state index in [4.69, 9.17) is 0 Å². The predicted octanol–water partition coefficient (Wildman–Crippen LogP) is 3.58. The molecular formula is C25H24F3N5O3S. The van der Waals surface area contributed by atoms with E-state index in [2.05, 4.69) is 20.3 Å². The number of alkyl halides is 3. The van der Waals surface area contributed by atoms with Gasteiger partial charge in [0.05, 0.1) is 10.6 Å². The van der Waals surface area contributed by atoms with Gasteiger partial charge in [0.2, 0.25) is 21.8 Å². The molecule has 2 fully saturated rings. The summed E-state index contributed by atoms with van der Waals surface area (Å²) in [6.45, 7) is 2.28. The number of pyridine rings is 1. The zero-order valence-corrected chi connectivity index (χ0v) is 20.6. The van der Waals surface area contributed by atoms with Gasteiger partial charge in [-0.1, -0.05) is 17.7 Å². The molecule has 5 rings (SSSR count). The van der Waals surface area contributed by atoms with Crippen molar-refractivity contribution in [2.45, 2.75) is 43.4 Å². The molecule has 3 atom stereocenters. The second-order valence-corrected chi connectivity index (χ2v) is 11.3. The lowest BCUT2D eigenvalue weighted by Crippen LogP contribution is -2.49. The van der Waals surface area contributed by atoms with Crippen LogP contribution in [0.1, 0.15) is 29.8 Å². The van der Waals surface area contributed by atoms with Gasteiger partial charge in [0.1, 0.15) is 6.04 Å². The van der Waals surface area contributed by atoms with Crippen LogP contribution in [0.5, 0.6) is 0 Å². The molecule has 1 saturated carbocycles. The number of benzene rings is 1. The van der Waals surface area contributed by atoms with E-state index in [1.807, 2.05) is 6.92 Å². The van der Waals surface area contributed by atoms with Gasteiger partial charge in [-0.15, -0.1) is 0 Å². The van der Waals surface area contributed by atoms with Gasteiger partial charge < -0.3 is 5.32 Å². The number of carbonyl (C=O) groups is 1. The molecule has 194 valence electrons. The quantitative estimate of drug-likeness (QED) is 0.522. The summed E-state index contributed by atoms with van der Waals surface area (Å²) in [6.07, 6.45) is 0.596. The van der Waals surface area contributed by atoms with Gasteiger partial charge in [-0.3, -0.25) is 9.78 Å². The van der Waals surface area contributed by atoms with Crippen LogP contribution in [0.3, 0.4) is 0 Å². The van der Waals surface area contributed by atoms with E-state index in [0.717, 1.165) is 30.8 Å². The third kappa shape index (κ3) is 4.95. The molecule has 3 unspecified atom stereocenters. The molecule has 3 heterocycles. The number of sulfonamides is 1. The first-order valence-electron chi connectivity index (χ1n) is 11.7. The average molecular weight is 532 g/mol. The van der Waals surface area contributed by atoms with Crippen molar-refractivity contribution in [1.29, 1.82) is 0 Å². The van der Waals surface area contributed by atoms with Gasteiger partial charge in [-0.05, 0) is 61.4 Å². The number of nitrogens with zero attached hydrogens (tertiary/aromatic N) is 4. The highest BCUT2D eigenvalue weighted by atomic mass is 32.2. The average Bonchev–Trinajstić information content (AvgIpc) is 3.13. The summed E-state index contributed by atoms with van der Waals surface area (Å²) in [6, 6.07) is 9.07. The van der Waals surface area contributed by atoms with Crippen molar-refractivity contribution in [3.63, 3.8) is 0 Å². The largest absolute Gasteiger partial charge is 0.451 e. The fourth-order valence-corrected chi connectivity index (χ4v) is 6.55. The maximum Gasteiger partial charge on any atom is 0.451 e. The number of nitrogens with one attached hydrogen (secondary N) is 1. The van der Waals surface area contributed by atoms with Gasteiger partial charge in [-0.25, -0.2) is 18.4 Å². The van der Waals surface area contributed by atoms with Crippen LogP contribution >= 0.6 is 0 Å². The number of halogens is 3. The highest BCUT2D eigenvalue weighted by Crippen LogP contribution is 2.46. The Morgan fingerprint density at radius 3 is 2.41 bits per heavy atom. The van der Waals surface area contributed by atoms with E-state index < -0.39 is 28.1 Å². The summed E-state index contributed by atoms with van der Waals surface area (Å²) >= 11 is 0. The monoisotopic (exact) mass is 531 g/mol. The number of aryl methyl sites for hydroxylation is 1. The van der Waals surface area contributed by atoms with Gasteiger partial charge >= 0.3 is 6.18 Å². The highest BCUT2D eigenvalue weighted by Gasteiger charge is 2.54. The Morgan fingerprint density at radius 2 is 1.78 bits per heavy atom. The molecule has 1 amide bonds. The van der Waals surface area contributed by atoms with Gasteiger partial charge in [0.25, 0.3) is 0 Å². The molecule has 3 aromatic rings. The zero-order chi connectivity index (χ0) is 26.4. The lowest BCUT2D eigenvalue weighted by Gasteiger charge is -2.32. The molecule has 1 saturated heterocycles. The first-order valence-corrected chi connectivity index (χ1v) is 13.2. The highest BCUT2D eigenvalue weighted by molar-refractivity contribution is 7.89. The fourth-order valence-electron chi connectivity index (χ4n) is 4.86. The zero-order valence-electron chi connectivity index (χ0n) is 19.8. The first-order chi connectivity index (χ1) is 17.5. The summed E-state index contributed by atoms with van der Waals surface area (Å²) < 4.78 is 66.3. The summed E-state index contributed by atoms with van der Waals surface area (Å²) in [4.78, 5) is 24.3. The van der Waals surface area contributed by atoms with Crippen LogP contribution in [0.4, 0.5) is 13.2 Å². The van der Waals surface area contributed by atoms with Crippen molar-refractivity contribution < 1.29 is 26.4 Å². The minimum absolute atomic E-state index is 0.0301. The Hall–Kier alpha value is -3.38. The molecule has 0 spiro atoms. The minimum Gasteiger partial charge on any atom is -0.351 e. The predicted molar refractivity (Wildman–Crippen MR) is 127 cm³/mol. The maximum absolute atomic E-state index is 13.4. The van der Waals surface area contributed by atoms with Crippen molar-refractivity contribution in [2.75, 3.05) is 6.54 Å². The van der Waals surface area contributed by atoms with Crippen LogP contribution in [0.25, 0.3) is 11.3 Å². The smallest absolute Gasteiger partial charge is 0.351 e. The van der Waals surface area contributed by atoms with Crippen LogP contribution in [0.2, 0.25) is 0 Å². The molecule has 1 aliphatic heterocycles. The molecule has 12 heteroatoms. The van der Waals surface area contributed by atoms with E-state index >= 15 is 0 Å². The summed E-state index contributed by atoms with van der Waals surface area (Å²) in [5.74, 6) is -1.49. The second kappa shape index (κ2) is 9.49. The molecule has 0 bridgehead atoms. The Morgan fingerprint density at radius 1 is 1.08 bits per heavy atom. The van der Waals surface area contributed by atoms with Crippen molar-refractivity contribution in [1.82, 2.24) is 24.6 Å². The molecule has 0 radical (unpaired) electrons. The van der Waals surface area contributed by atoms with E-state index in [9.17, 15) is 26.4 Å². The van der Waals surface area contributed by atoms with Gasteiger partial charge in [0.15, 0.2) is 0 Å². The van der Waals surface area contributed by atoms with E-state index in [0.29, 0.717) is 23.4 Å². The molecule has 1 N–H and O–H groups in total. The number of amides is 1. The summed E-state index contributed by atoms with van der Waals surface area (Å²) in [5, 5.41) is 2.84. The van der Waals surface area contributed by atoms with E-state index in [-0.39, 0.29) is 29.2 Å². The number of fused-ring (bicyclic) bond motifs is 1. The number of aromatic nitrogens is 3. The number of hydrogen-bond donors (Lipinski definition) is 1. The van der Waals surface area contributed by atoms with Crippen LogP contribution in [-0.2, 0) is 27.5 Å². The van der Waals surface area contributed by atoms with Gasteiger partial charge in [-0.2, -0.15) is 17.5 Å². The molecule has 1 aliphatic carbocycles. The summed E-state index contributed by atoms with van der Waals surface area (Å²) in [7, 11) is -3.85. The SMILES string of the molecule is Cc1ccc(S(=O)(=O)N2CC3CCC3C2C(=O)NCc2ccnc(-c3cnc(C(F)(F)F)nc3)c2)cc1. The standard InChI is InChI=1S/C25H24F3N5O3S/c1-15-2-5-19(6-3-15)37(35,36)33-14-17-4-7-20(17)22(33)23(34)30-11-16-8-9-29-21(10-16)18-12-31-24(32-13-18)25(26,27)28/h2-3,5-6,8-10,12-13,17,20,22H,4,7,11,14H2,1H3,(H,30,34). The van der Waals surface area contributed by atoms with E-state index in [1.54, 1.807) is 36.4 Å². The molecule has 8 nitrogen and oxygen atoms in total. The third-order valence-electron chi connectivity index (χ3n) is 6.99. The normalized spacial score (nSPS) is 21.8. The minimum atomic E-state index is -4.64. The molecule has 2 aromatic heterocycles. The van der Waals surface area contributed by atoms with Crippen LogP contribution in [-0.4, -0.2) is 46.2 Å². The van der Waals surface area contributed by atoms with Crippen LogP contribution in [0, 0.1) is 18.8 Å². The molecule has 37 heavy (non-hydrogen) atoms. The number of hydrogen-bond acceptors (Lipinski definition) is 6. The Kier molecular flexibility index (Phi) is 6.48. The Balaban J connectivity index is 1.31. The molecule has 1 aromatic carbocycles. The second-order valence-electron chi connectivity index (χ2n) is 9.39. The van der Waals surface area contributed by atoms with Gasteiger partial charge in [0, 0.05) is 37.2 Å².